The molecule has 2 rings (SSSR count). The Labute approximate surface area is 126 Å². The minimum absolute atomic E-state index is 0.123. The van der Waals surface area contributed by atoms with Crippen LogP contribution in [-0.4, -0.2) is 19.1 Å². The number of benzene rings is 1. The summed E-state index contributed by atoms with van der Waals surface area (Å²) in [6.45, 7) is 1.27. The molecule has 1 saturated carbocycles. The van der Waals surface area contributed by atoms with Crippen LogP contribution in [0, 0.1) is 11.7 Å². The largest absolute Gasteiger partial charge is 0.338 e. The zero-order valence-electron chi connectivity index (χ0n) is 12.5. The topological polar surface area (TPSA) is 41.1 Å². The number of rotatable bonds is 6. The van der Waals surface area contributed by atoms with Gasteiger partial charge in [-0.15, -0.1) is 0 Å². The Morgan fingerprint density at radius 1 is 1.14 bits per heavy atom. The second-order valence-electron chi connectivity index (χ2n) is 5.86. The molecular formula is C17H25FN2O. The molecule has 116 valence electrons. The van der Waals surface area contributed by atoms with Crippen molar-refractivity contribution in [2.45, 2.75) is 44.9 Å². The highest BCUT2D eigenvalue weighted by Gasteiger charge is 2.13. The summed E-state index contributed by atoms with van der Waals surface area (Å²) in [6.07, 6.45) is 8.39. The van der Waals surface area contributed by atoms with E-state index >= 15 is 0 Å². The number of halogens is 1. The van der Waals surface area contributed by atoms with Gasteiger partial charge in [-0.1, -0.05) is 44.2 Å². The molecule has 0 aromatic heterocycles. The van der Waals surface area contributed by atoms with Gasteiger partial charge in [-0.05, 0) is 36.5 Å². The van der Waals surface area contributed by atoms with Crippen LogP contribution in [0.5, 0.6) is 0 Å². The maximum atomic E-state index is 13.0. The predicted molar refractivity (Wildman–Crippen MR) is 82.7 cm³/mol. The van der Waals surface area contributed by atoms with Gasteiger partial charge in [0.25, 0.3) is 0 Å². The standard InChI is InChI=1S/C17H25FN2O/c18-16-8-4-7-15(13-16)10-12-20-17(21)19-11-9-14-5-2-1-3-6-14/h4,7-8,13-14H,1-3,5-6,9-12H2,(H2,19,20,21). The van der Waals surface area contributed by atoms with Crippen LogP contribution < -0.4 is 10.6 Å². The molecule has 1 aromatic rings. The zero-order chi connectivity index (χ0) is 14.9. The number of urea groups is 1. The summed E-state index contributed by atoms with van der Waals surface area (Å²) < 4.78 is 13.0. The smallest absolute Gasteiger partial charge is 0.314 e. The van der Waals surface area contributed by atoms with E-state index in [1.165, 1.54) is 44.2 Å². The normalized spacial score (nSPS) is 15.7. The number of hydrogen-bond donors (Lipinski definition) is 2. The molecule has 0 saturated heterocycles. The number of carbonyl (C=O) groups is 1. The Balaban J connectivity index is 1.55. The van der Waals surface area contributed by atoms with Gasteiger partial charge in [-0.3, -0.25) is 0 Å². The van der Waals surface area contributed by atoms with Gasteiger partial charge in [0, 0.05) is 13.1 Å². The lowest BCUT2D eigenvalue weighted by atomic mass is 9.87. The quantitative estimate of drug-likeness (QED) is 0.826. The first kappa shape index (κ1) is 15.8. The molecule has 0 bridgehead atoms. The lowest BCUT2D eigenvalue weighted by Gasteiger charge is -2.21. The van der Waals surface area contributed by atoms with Gasteiger partial charge in [-0.25, -0.2) is 9.18 Å². The van der Waals surface area contributed by atoms with Crippen LogP contribution >= 0.6 is 0 Å². The first-order chi connectivity index (χ1) is 10.2. The molecule has 3 nitrogen and oxygen atoms in total. The Hall–Kier alpha value is -1.58. The molecule has 4 heteroatoms. The van der Waals surface area contributed by atoms with Gasteiger partial charge in [-0.2, -0.15) is 0 Å². The maximum absolute atomic E-state index is 13.0. The highest BCUT2D eigenvalue weighted by atomic mass is 19.1. The highest BCUT2D eigenvalue weighted by Crippen LogP contribution is 2.25. The van der Waals surface area contributed by atoms with Crippen molar-refractivity contribution in [2.24, 2.45) is 5.92 Å². The fraction of sp³-hybridized carbons (Fsp3) is 0.588. The monoisotopic (exact) mass is 292 g/mol. The second kappa shape index (κ2) is 8.65. The zero-order valence-corrected chi connectivity index (χ0v) is 12.5. The third kappa shape index (κ3) is 6.15. The molecule has 1 aromatic carbocycles. The van der Waals surface area contributed by atoms with E-state index in [-0.39, 0.29) is 11.8 Å². The SMILES string of the molecule is O=C(NCCc1cccc(F)c1)NCCC1CCCCC1. The van der Waals surface area contributed by atoms with Crippen LogP contribution in [0.4, 0.5) is 9.18 Å². The average molecular weight is 292 g/mol. The molecule has 0 aliphatic heterocycles. The first-order valence-corrected chi connectivity index (χ1v) is 8.00. The van der Waals surface area contributed by atoms with Gasteiger partial charge in [0.15, 0.2) is 0 Å². The van der Waals surface area contributed by atoms with Crippen molar-refractivity contribution in [1.29, 1.82) is 0 Å². The van der Waals surface area contributed by atoms with Crippen LogP contribution in [0.15, 0.2) is 24.3 Å². The second-order valence-corrected chi connectivity index (χ2v) is 5.86. The van der Waals surface area contributed by atoms with E-state index < -0.39 is 0 Å². The van der Waals surface area contributed by atoms with Crippen molar-refractivity contribution in [1.82, 2.24) is 10.6 Å². The molecule has 21 heavy (non-hydrogen) atoms. The van der Waals surface area contributed by atoms with Gasteiger partial charge >= 0.3 is 6.03 Å². The van der Waals surface area contributed by atoms with E-state index in [0.29, 0.717) is 13.0 Å². The fourth-order valence-electron chi connectivity index (χ4n) is 2.94. The summed E-state index contributed by atoms with van der Waals surface area (Å²) in [4.78, 5) is 11.6. The van der Waals surface area contributed by atoms with Gasteiger partial charge in [0.1, 0.15) is 5.82 Å². The molecule has 0 radical (unpaired) electrons. The van der Waals surface area contributed by atoms with Crippen LogP contribution in [0.25, 0.3) is 0 Å². The first-order valence-electron chi connectivity index (χ1n) is 8.00. The lowest BCUT2D eigenvalue weighted by Crippen LogP contribution is -2.37. The minimum Gasteiger partial charge on any atom is -0.338 e. The highest BCUT2D eigenvalue weighted by molar-refractivity contribution is 5.73. The molecule has 0 heterocycles. The average Bonchev–Trinajstić information content (AvgIpc) is 2.48. The van der Waals surface area contributed by atoms with Gasteiger partial charge in [0.2, 0.25) is 0 Å². The van der Waals surface area contributed by atoms with Gasteiger partial charge in [0.05, 0.1) is 0 Å². The Bertz CT molecular complexity index is 444. The van der Waals surface area contributed by atoms with Crippen LogP contribution in [0.3, 0.4) is 0 Å². The third-order valence-electron chi connectivity index (χ3n) is 4.15. The Kier molecular flexibility index (Phi) is 6.51. The number of hydrogen-bond acceptors (Lipinski definition) is 1. The van der Waals surface area contributed by atoms with E-state index in [2.05, 4.69) is 10.6 Å². The van der Waals surface area contributed by atoms with Crippen LogP contribution in [-0.2, 0) is 6.42 Å². The minimum atomic E-state index is -0.232. The number of amides is 2. The molecule has 1 fully saturated rings. The van der Waals surface area contributed by atoms with Crippen molar-refractivity contribution >= 4 is 6.03 Å². The lowest BCUT2D eigenvalue weighted by molar-refractivity contribution is 0.239. The van der Waals surface area contributed by atoms with Crippen molar-refractivity contribution in [3.63, 3.8) is 0 Å². The third-order valence-corrected chi connectivity index (χ3v) is 4.15. The van der Waals surface area contributed by atoms with E-state index in [9.17, 15) is 9.18 Å². The van der Waals surface area contributed by atoms with E-state index in [1.54, 1.807) is 6.07 Å². The summed E-state index contributed by atoms with van der Waals surface area (Å²) in [5.41, 5.74) is 0.900. The van der Waals surface area contributed by atoms with Crippen molar-refractivity contribution in [2.75, 3.05) is 13.1 Å². The molecule has 2 amide bonds. The summed E-state index contributed by atoms with van der Waals surface area (Å²) in [6, 6.07) is 6.36. The molecular weight excluding hydrogens is 267 g/mol. The summed E-state index contributed by atoms with van der Waals surface area (Å²) in [5.74, 6) is 0.552. The van der Waals surface area contributed by atoms with Crippen molar-refractivity contribution in [3.05, 3.63) is 35.6 Å². The molecule has 0 spiro atoms. The van der Waals surface area contributed by atoms with Crippen LogP contribution in [0.2, 0.25) is 0 Å². The molecule has 1 aliphatic carbocycles. The predicted octanol–water partition coefficient (Wildman–Crippen LogP) is 3.64. The fourth-order valence-corrected chi connectivity index (χ4v) is 2.94. The molecule has 1 aliphatic rings. The van der Waals surface area contributed by atoms with Crippen molar-refractivity contribution in [3.8, 4) is 0 Å². The Morgan fingerprint density at radius 2 is 1.90 bits per heavy atom. The summed E-state index contributed by atoms with van der Waals surface area (Å²) in [7, 11) is 0. The molecule has 2 N–H and O–H groups in total. The number of carbonyl (C=O) groups excluding carboxylic acids is 1. The van der Waals surface area contributed by atoms with E-state index in [4.69, 9.17) is 0 Å². The Morgan fingerprint density at radius 3 is 2.67 bits per heavy atom. The van der Waals surface area contributed by atoms with E-state index in [0.717, 1.165) is 24.4 Å². The maximum Gasteiger partial charge on any atom is 0.314 e. The molecule has 0 unspecified atom stereocenters. The van der Waals surface area contributed by atoms with Crippen molar-refractivity contribution < 1.29 is 9.18 Å². The summed E-state index contributed by atoms with van der Waals surface area (Å²) in [5, 5.41) is 5.72. The van der Waals surface area contributed by atoms with Crippen LogP contribution in [0.1, 0.15) is 44.1 Å². The summed E-state index contributed by atoms with van der Waals surface area (Å²) >= 11 is 0. The number of nitrogens with one attached hydrogen (secondary N) is 2. The molecule has 0 atom stereocenters. The van der Waals surface area contributed by atoms with Gasteiger partial charge < -0.3 is 10.6 Å². The van der Waals surface area contributed by atoms with E-state index in [1.807, 2.05) is 6.07 Å².